The van der Waals surface area contributed by atoms with Crippen LogP contribution >= 0.6 is 0 Å². The van der Waals surface area contributed by atoms with Crippen molar-refractivity contribution in [2.75, 3.05) is 25.0 Å². The number of hydrogen-bond acceptors (Lipinski definition) is 2. The van der Waals surface area contributed by atoms with Crippen molar-refractivity contribution in [2.45, 2.75) is 5.92 Å². The molecule has 0 heterocycles. The Morgan fingerprint density at radius 3 is 2.26 bits per heavy atom. The number of likely N-dealkylation sites (N-methyl/N-ethyl adjacent to an activating group) is 1. The first-order valence-electron chi connectivity index (χ1n) is 6.42. The Kier molecular flexibility index (Phi) is 4.53. The number of anilines is 1. The molecule has 0 saturated carbocycles. The normalized spacial score (nSPS) is 12.2. The first-order valence-corrected chi connectivity index (χ1v) is 6.42. The molecular weight excluding hydrogens is 239 g/mol. The molecule has 0 aromatic heterocycles. The summed E-state index contributed by atoms with van der Waals surface area (Å²) < 4.78 is 12.9. The van der Waals surface area contributed by atoms with E-state index in [0.29, 0.717) is 6.54 Å². The highest BCUT2D eigenvalue weighted by molar-refractivity contribution is 5.46. The van der Waals surface area contributed by atoms with Gasteiger partial charge in [-0.1, -0.05) is 30.3 Å². The third-order valence-corrected chi connectivity index (χ3v) is 3.32. The van der Waals surface area contributed by atoms with E-state index in [2.05, 4.69) is 17.0 Å². The second-order valence-corrected chi connectivity index (χ2v) is 4.70. The van der Waals surface area contributed by atoms with Crippen LogP contribution in [0, 0.1) is 5.82 Å². The van der Waals surface area contributed by atoms with E-state index >= 15 is 0 Å². The SMILES string of the molecule is CN(CC(CN)c1ccccc1)c1ccc(F)cc1. The summed E-state index contributed by atoms with van der Waals surface area (Å²) in [6.45, 7) is 1.40. The number of benzene rings is 2. The highest BCUT2D eigenvalue weighted by atomic mass is 19.1. The Balaban J connectivity index is 2.08. The van der Waals surface area contributed by atoms with Crippen LogP contribution in [0.2, 0.25) is 0 Å². The summed E-state index contributed by atoms with van der Waals surface area (Å²) in [5, 5.41) is 0. The fourth-order valence-corrected chi connectivity index (χ4v) is 2.17. The first kappa shape index (κ1) is 13.6. The topological polar surface area (TPSA) is 29.3 Å². The molecule has 2 nitrogen and oxygen atoms in total. The third kappa shape index (κ3) is 3.55. The molecule has 2 aromatic rings. The molecule has 1 unspecified atom stereocenters. The van der Waals surface area contributed by atoms with Gasteiger partial charge in [0.25, 0.3) is 0 Å². The number of nitrogens with zero attached hydrogens (tertiary/aromatic N) is 1. The van der Waals surface area contributed by atoms with Crippen LogP contribution in [0.15, 0.2) is 54.6 Å². The maximum Gasteiger partial charge on any atom is 0.123 e. The van der Waals surface area contributed by atoms with Gasteiger partial charge in [-0.3, -0.25) is 0 Å². The van der Waals surface area contributed by atoms with Gasteiger partial charge in [0, 0.05) is 31.7 Å². The lowest BCUT2D eigenvalue weighted by molar-refractivity contribution is 0.627. The molecule has 2 rings (SSSR count). The van der Waals surface area contributed by atoms with Gasteiger partial charge in [0.2, 0.25) is 0 Å². The lowest BCUT2D eigenvalue weighted by Crippen LogP contribution is -2.28. The van der Waals surface area contributed by atoms with E-state index < -0.39 is 0 Å². The molecule has 0 aliphatic carbocycles. The molecule has 2 aromatic carbocycles. The zero-order chi connectivity index (χ0) is 13.7. The van der Waals surface area contributed by atoms with Gasteiger partial charge in [0.05, 0.1) is 0 Å². The van der Waals surface area contributed by atoms with E-state index in [0.717, 1.165) is 12.2 Å². The summed E-state index contributed by atoms with van der Waals surface area (Å²) in [6.07, 6.45) is 0. The number of nitrogens with two attached hydrogens (primary N) is 1. The van der Waals surface area contributed by atoms with Crippen molar-refractivity contribution in [3.63, 3.8) is 0 Å². The average Bonchev–Trinajstić information content (AvgIpc) is 2.46. The quantitative estimate of drug-likeness (QED) is 0.893. The van der Waals surface area contributed by atoms with Crippen LogP contribution in [0.3, 0.4) is 0 Å². The van der Waals surface area contributed by atoms with Gasteiger partial charge >= 0.3 is 0 Å². The van der Waals surface area contributed by atoms with Gasteiger partial charge in [0.1, 0.15) is 5.82 Å². The zero-order valence-corrected chi connectivity index (χ0v) is 11.1. The van der Waals surface area contributed by atoms with E-state index in [4.69, 9.17) is 5.73 Å². The molecule has 0 bridgehead atoms. The largest absolute Gasteiger partial charge is 0.374 e. The predicted molar refractivity (Wildman–Crippen MR) is 77.9 cm³/mol. The molecule has 0 aliphatic heterocycles. The maximum absolute atomic E-state index is 12.9. The van der Waals surface area contributed by atoms with Crippen molar-refractivity contribution in [1.82, 2.24) is 0 Å². The number of hydrogen-bond donors (Lipinski definition) is 1. The molecular formula is C16H19FN2. The molecule has 100 valence electrons. The van der Waals surface area contributed by atoms with Crippen molar-refractivity contribution in [2.24, 2.45) is 5.73 Å². The molecule has 1 atom stereocenters. The molecule has 0 spiro atoms. The molecule has 0 fully saturated rings. The Bertz CT molecular complexity index is 496. The smallest absolute Gasteiger partial charge is 0.123 e. The Morgan fingerprint density at radius 1 is 1.05 bits per heavy atom. The molecule has 0 radical (unpaired) electrons. The lowest BCUT2D eigenvalue weighted by Gasteiger charge is -2.25. The highest BCUT2D eigenvalue weighted by Gasteiger charge is 2.12. The Labute approximate surface area is 113 Å². The van der Waals surface area contributed by atoms with E-state index in [-0.39, 0.29) is 11.7 Å². The fourth-order valence-electron chi connectivity index (χ4n) is 2.17. The van der Waals surface area contributed by atoms with Crippen molar-refractivity contribution in [3.05, 3.63) is 66.0 Å². The second-order valence-electron chi connectivity index (χ2n) is 4.70. The van der Waals surface area contributed by atoms with Gasteiger partial charge in [-0.25, -0.2) is 4.39 Å². The monoisotopic (exact) mass is 258 g/mol. The van der Waals surface area contributed by atoms with Gasteiger partial charge in [-0.15, -0.1) is 0 Å². The van der Waals surface area contributed by atoms with Gasteiger partial charge < -0.3 is 10.6 Å². The zero-order valence-electron chi connectivity index (χ0n) is 11.1. The third-order valence-electron chi connectivity index (χ3n) is 3.32. The standard InChI is InChI=1S/C16H19FN2/c1-19(16-9-7-15(17)8-10-16)12-14(11-18)13-5-3-2-4-6-13/h2-10,14H,11-12,18H2,1H3. The van der Waals surface area contributed by atoms with Crippen LogP contribution in [0.4, 0.5) is 10.1 Å². The van der Waals surface area contributed by atoms with E-state index in [1.54, 1.807) is 12.1 Å². The van der Waals surface area contributed by atoms with Crippen LogP contribution in [0.1, 0.15) is 11.5 Å². The molecule has 3 heteroatoms. The van der Waals surface area contributed by atoms with Gasteiger partial charge in [-0.05, 0) is 29.8 Å². The van der Waals surface area contributed by atoms with Crippen molar-refractivity contribution in [3.8, 4) is 0 Å². The maximum atomic E-state index is 12.9. The molecule has 2 N–H and O–H groups in total. The second kappa shape index (κ2) is 6.34. The minimum Gasteiger partial charge on any atom is -0.374 e. The Morgan fingerprint density at radius 2 is 1.68 bits per heavy atom. The highest BCUT2D eigenvalue weighted by Crippen LogP contribution is 2.19. The van der Waals surface area contributed by atoms with Crippen LogP contribution in [-0.4, -0.2) is 20.1 Å². The molecule has 19 heavy (non-hydrogen) atoms. The van der Waals surface area contributed by atoms with E-state index in [1.807, 2.05) is 25.2 Å². The van der Waals surface area contributed by atoms with Crippen molar-refractivity contribution in [1.29, 1.82) is 0 Å². The molecule has 0 saturated heterocycles. The van der Waals surface area contributed by atoms with E-state index in [9.17, 15) is 4.39 Å². The van der Waals surface area contributed by atoms with E-state index in [1.165, 1.54) is 17.7 Å². The molecule has 0 aliphatic rings. The number of halogens is 1. The lowest BCUT2D eigenvalue weighted by atomic mass is 9.98. The molecule has 0 amide bonds. The summed E-state index contributed by atoms with van der Waals surface area (Å²) in [4.78, 5) is 2.10. The number of rotatable bonds is 5. The summed E-state index contributed by atoms with van der Waals surface area (Å²) in [7, 11) is 2.00. The summed E-state index contributed by atoms with van der Waals surface area (Å²) in [5.74, 6) is 0.0619. The van der Waals surface area contributed by atoms with Crippen LogP contribution in [-0.2, 0) is 0 Å². The van der Waals surface area contributed by atoms with Crippen LogP contribution in [0.25, 0.3) is 0 Å². The fraction of sp³-hybridized carbons (Fsp3) is 0.250. The first-order chi connectivity index (χ1) is 9.20. The minimum atomic E-state index is -0.212. The van der Waals surface area contributed by atoms with Gasteiger partial charge in [0.15, 0.2) is 0 Å². The minimum absolute atomic E-state index is 0.212. The summed E-state index contributed by atoms with van der Waals surface area (Å²) >= 11 is 0. The summed E-state index contributed by atoms with van der Waals surface area (Å²) in [5.41, 5.74) is 8.10. The average molecular weight is 258 g/mol. The van der Waals surface area contributed by atoms with Crippen LogP contribution in [0.5, 0.6) is 0 Å². The van der Waals surface area contributed by atoms with Crippen LogP contribution < -0.4 is 10.6 Å². The van der Waals surface area contributed by atoms with Gasteiger partial charge in [-0.2, -0.15) is 0 Å². The predicted octanol–water partition coefficient (Wildman–Crippen LogP) is 3.00. The summed E-state index contributed by atoms with van der Waals surface area (Å²) in [6, 6.07) is 16.8. The van der Waals surface area contributed by atoms with Crippen molar-refractivity contribution >= 4 is 5.69 Å². The Hall–Kier alpha value is -1.87. The van der Waals surface area contributed by atoms with Crippen molar-refractivity contribution < 1.29 is 4.39 Å².